The lowest BCUT2D eigenvalue weighted by atomic mass is 9.99. The van der Waals surface area contributed by atoms with Gasteiger partial charge < -0.3 is 33.8 Å². The molecule has 0 heterocycles. The SMILES string of the molecule is CCCCCCCCCCCCCCCCC(=O)OC[C@H](COP(=O)(O)OC[C@@H](O)COP(=O)(O)OC[C@@H](COC(=O)CCCCCCCCCC)OC(=O)CCCCCCCCCCC(C)CC)OC(=O)CCCCCCCCCCCCCCCCCCCCC(C)C. The van der Waals surface area contributed by atoms with E-state index in [1.165, 1.54) is 205 Å². The average Bonchev–Trinajstić information content (AvgIpc) is 2.24. The van der Waals surface area contributed by atoms with Gasteiger partial charge in [-0.15, -0.1) is 0 Å². The Morgan fingerprint density at radius 1 is 0.305 bits per heavy atom. The lowest BCUT2D eigenvalue weighted by Crippen LogP contribution is -2.30. The van der Waals surface area contributed by atoms with E-state index in [9.17, 15) is 43.2 Å². The maximum Gasteiger partial charge on any atom is 0.472 e. The number of hydrogen-bond donors (Lipinski definition) is 3. The minimum absolute atomic E-state index is 0.105. The summed E-state index contributed by atoms with van der Waals surface area (Å²) in [5.74, 6) is -0.529. The fourth-order valence-electron chi connectivity index (χ4n) is 11.6. The molecule has 0 aromatic rings. The van der Waals surface area contributed by atoms with Crippen molar-refractivity contribution in [2.45, 2.75) is 413 Å². The van der Waals surface area contributed by atoms with Crippen LogP contribution < -0.4 is 0 Å². The van der Waals surface area contributed by atoms with E-state index in [0.717, 1.165) is 108 Å². The van der Waals surface area contributed by atoms with E-state index in [-0.39, 0.29) is 25.7 Å². The van der Waals surface area contributed by atoms with Gasteiger partial charge >= 0.3 is 39.5 Å². The van der Waals surface area contributed by atoms with E-state index in [1.807, 2.05) is 0 Å². The van der Waals surface area contributed by atoms with E-state index in [1.54, 1.807) is 0 Å². The third kappa shape index (κ3) is 69.0. The summed E-state index contributed by atoms with van der Waals surface area (Å²) in [6, 6.07) is 0. The molecule has 17 nitrogen and oxygen atoms in total. The molecular formula is C76H148O17P2. The predicted octanol–water partition coefficient (Wildman–Crippen LogP) is 22.3. The number of aliphatic hydroxyl groups is 1. The fraction of sp³-hybridized carbons (Fsp3) is 0.947. The molecule has 0 saturated carbocycles. The van der Waals surface area contributed by atoms with Gasteiger partial charge in [0.1, 0.15) is 19.3 Å². The van der Waals surface area contributed by atoms with Gasteiger partial charge in [-0.3, -0.25) is 37.3 Å². The molecule has 3 N–H and O–H groups in total. The first-order chi connectivity index (χ1) is 45.9. The summed E-state index contributed by atoms with van der Waals surface area (Å²) in [4.78, 5) is 72.7. The van der Waals surface area contributed by atoms with Crippen LogP contribution in [0.2, 0.25) is 0 Å². The Bertz CT molecular complexity index is 1840. The summed E-state index contributed by atoms with van der Waals surface area (Å²) in [5.41, 5.74) is 0. The van der Waals surface area contributed by atoms with Crippen molar-refractivity contribution < 1.29 is 80.2 Å². The number of aliphatic hydroxyl groups excluding tert-OH is 1. The highest BCUT2D eigenvalue weighted by molar-refractivity contribution is 7.47. The van der Waals surface area contributed by atoms with Gasteiger partial charge in [0.2, 0.25) is 0 Å². The zero-order valence-corrected chi connectivity index (χ0v) is 63.8. The Kier molecular flexibility index (Phi) is 66.5. The molecule has 0 aliphatic heterocycles. The third-order valence-electron chi connectivity index (χ3n) is 18.1. The van der Waals surface area contributed by atoms with E-state index >= 15 is 0 Å². The van der Waals surface area contributed by atoms with E-state index in [0.29, 0.717) is 25.7 Å². The second kappa shape index (κ2) is 67.9. The largest absolute Gasteiger partial charge is 0.472 e. The first-order valence-electron chi connectivity index (χ1n) is 39.5. The molecule has 19 heteroatoms. The molecule has 6 atom stereocenters. The molecule has 0 spiro atoms. The van der Waals surface area contributed by atoms with Crippen molar-refractivity contribution in [3.8, 4) is 0 Å². The number of ether oxygens (including phenoxy) is 4. The van der Waals surface area contributed by atoms with Crippen LogP contribution >= 0.6 is 15.6 Å². The summed E-state index contributed by atoms with van der Waals surface area (Å²) < 4.78 is 68.4. The molecule has 0 aliphatic carbocycles. The normalized spacial score (nSPS) is 14.3. The maximum absolute atomic E-state index is 13.1. The summed E-state index contributed by atoms with van der Waals surface area (Å²) in [7, 11) is -9.91. The van der Waals surface area contributed by atoms with Crippen molar-refractivity contribution in [3.63, 3.8) is 0 Å². The van der Waals surface area contributed by atoms with Crippen LogP contribution in [0.25, 0.3) is 0 Å². The molecule has 0 radical (unpaired) electrons. The van der Waals surface area contributed by atoms with Gasteiger partial charge in [-0.1, -0.05) is 343 Å². The Balaban J connectivity index is 5.18. The van der Waals surface area contributed by atoms with Crippen LogP contribution in [0.15, 0.2) is 0 Å². The van der Waals surface area contributed by atoms with Crippen molar-refractivity contribution in [1.82, 2.24) is 0 Å². The summed E-state index contributed by atoms with van der Waals surface area (Å²) in [6.45, 7) is 9.60. The van der Waals surface area contributed by atoms with Gasteiger partial charge in [-0.25, -0.2) is 9.13 Å². The molecule has 0 rings (SSSR count). The highest BCUT2D eigenvalue weighted by Crippen LogP contribution is 2.45. The smallest absolute Gasteiger partial charge is 0.462 e. The number of rotatable bonds is 75. The fourth-order valence-corrected chi connectivity index (χ4v) is 13.2. The molecular weight excluding hydrogens is 1250 g/mol. The second-order valence-electron chi connectivity index (χ2n) is 28.1. The Hall–Kier alpha value is -1.94. The Morgan fingerprint density at radius 3 is 0.800 bits per heavy atom. The summed E-state index contributed by atoms with van der Waals surface area (Å²) in [5, 5.41) is 10.6. The lowest BCUT2D eigenvalue weighted by molar-refractivity contribution is -0.161. The van der Waals surface area contributed by atoms with Crippen molar-refractivity contribution in [2.75, 3.05) is 39.6 Å². The predicted molar refractivity (Wildman–Crippen MR) is 386 cm³/mol. The minimum atomic E-state index is -4.96. The third-order valence-corrected chi connectivity index (χ3v) is 20.0. The molecule has 3 unspecified atom stereocenters. The molecule has 0 amide bonds. The van der Waals surface area contributed by atoms with Gasteiger partial charge in [0.15, 0.2) is 12.2 Å². The standard InChI is InChI=1S/C76H148O17P2/c1-7-10-12-14-16-18-19-20-28-31-34-41-47-53-59-74(79)87-65-72(92-75(80)60-54-48-42-35-32-29-26-24-22-21-23-25-27-30-33-38-44-50-56-68(4)5)67-91-95(84,85)89-63-70(77)62-88-94(82,83)90-66-71(64-86-73(78)58-52-46-40-17-15-13-11-8-2)93-76(81)61-55-49-43-37-36-39-45-51-57-69(6)9-3/h68-72,77H,7-67H2,1-6H3,(H,82,83)(H,84,85)/t69?,70-,71+,72+/m0/s1. The van der Waals surface area contributed by atoms with Crippen molar-refractivity contribution >= 4 is 39.5 Å². The number of carbonyl (C=O) groups is 4. The average molecular weight is 1400 g/mol. The van der Waals surface area contributed by atoms with Crippen LogP contribution in [0.4, 0.5) is 0 Å². The molecule has 0 aromatic carbocycles. The molecule has 0 aliphatic rings. The highest BCUT2D eigenvalue weighted by atomic mass is 31.2. The molecule has 0 aromatic heterocycles. The van der Waals surface area contributed by atoms with Crippen molar-refractivity contribution in [2.24, 2.45) is 11.8 Å². The lowest BCUT2D eigenvalue weighted by Gasteiger charge is -2.21. The minimum Gasteiger partial charge on any atom is -0.462 e. The number of phosphoric ester groups is 2. The number of carbonyl (C=O) groups excluding carboxylic acids is 4. The van der Waals surface area contributed by atoms with Crippen LogP contribution in [0.1, 0.15) is 395 Å². The Labute approximate surface area is 581 Å². The van der Waals surface area contributed by atoms with Crippen LogP contribution in [0, 0.1) is 11.8 Å². The highest BCUT2D eigenvalue weighted by Gasteiger charge is 2.30. The Morgan fingerprint density at radius 2 is 0.537 bits per heavy atom. The van der Waals surface area contributed by atoms with E-state index in [4.69, 9.17) is 37.0 Å². The summed E-state index contributed by atoms with van der Waals surface area (Å²) in [6.07, 6.45) is 55.5. The number of hydrogen-bond acceptors (Lipinski definition) is 15. The topological polar surface area (TPSA) is 237 Å². The first-order valence-corrected chi connectivity index (χ1v) is 42.5. The number of esters is 4. The van der Waals surface area contributed by atoms with Crippen LogP contribution in [0.3, 0.4) is 0 Å². The zero-order valence-electron chi connectivity index (χ0n) is 62.0. The van der Waals surface area contributed by atoms with Crippen LogP contribution in [-0.2, 0) is 65.4 Å². The van der Waals surface area contributed by atoms with Crippen LogP contribution in [-0.4, -0.2) is 96.7 Å². The molecule has 564 valence electrons. The van der Waals surface area contributed by atoms with Gasteiger partial charge in [-0.2, -0.15) is 0 Å². The van der Waals surface area contributed by atoms with E-state index in [2.05, 4.69) is 41.5 Å². The van der Waals surface area contributed by atoms with Crippen LogP contribution in [0.5, 0.6) is 0 Å². The zero-order chi connectivity index (χ0) is 70.0. The van der Waals surface area contributed by atoms with Gasteiger partial charge in [0, 0.05) is 25.7 Å². The van der Waals surface area contributed by atoms with Gasteiger partial charge in [0.25, 0.3) is 0 Å². The van der Waals surface area contributed by atoms with Crippen molar-refractivity contribution in [3.05, 3.63) is 0 Å². The summed E-state index contributed by atoms with van der Waals surface area (Å²) >= 11 is 0. The molecule has 0 fully saturated rings. The van der Waals surface area contributed by atoms with Crippen molar-refractivity contribution in [1.29, 1.82) is 0 Å². The maximum atomic E-state index is 13.1. The first kappa shape index (κ1) is 93.1. The molecule has 95 heavy (non-hydrogen) atoms. The number of unbranched alkanes of at least 4 members (excludes halogenated alkanes) is 44. The van der Waals surface area contributed by atoms with E-state index < -0.39 is 97.5 Å². The molecule has 0 saturated heterocycles. The second-order valence-corrected chi connectivity index (χ2v) is 31.0. The monoisotopic (exact) mass is 1400 g/mol. The quantitative estimate of drug-likeness (QED) is 0.0222. The molecule has 0 bridgehead atoms. The van der Waals surface area contributed by atoms with Gasteiger partial charge in [0.05, 0.1) is 26.4 Å². The van der Waals surface area contributed by atoms with Gasteiger partial charge in [-0.05, 0) is 37.5 Å². The number of phosphoric acid groups is 2.